The molecule has 0 fully saturated rings. The molecule has 1 aromatic carbocycles. The van der Waals surface area contributed by atoms with Crippen molar-refractivity contribution in [3.8, 4) is 0 Å². The Hall–Kier alpha value is -2.37. The Morgan fingerprint density at radius 3 is 2.62 bits per heavy atom. The minimum Gasteiger partial charge on any atom is -0.480 e. The van der Waals surface area contributed by atoms with E-state index in [2.05, 4.69) is 10.5 Å². The zero-order valence-corrected chi connectivity index (χ0v) is 12.2. The lowest BCUT2D eigenvalue weighted by atomic mass is 9.86. The number of para-hydroxylation sites is 1. The summed E-state index contributed by atoms with van der Waals surface area (Å²) in [5, 5.41) is 16.4. The minimum atomic E-state index is -1.05. The Labute approximate surface area is 122 Å². The second-order valence-electron chi connectivity index (χ2n) is 6.01. The molecule has 0 aliphatic carbocycles. The van der Waals surface area contributed by atoms with Crippen LogP contribution in [0.3, 0.4) is 0 Å². The third-order valence-electron chi connectivity index (χ3n) is 3.20. The third kappa shape index (κ3) is 3.39. The monoisotopic (exact) mass is 290 g/mol. The summed E-state index contributed by atoms with van der Waals surface area (Å²) in [7, 11) is 0. The lowest BCUT2D eigenvalue weighted by Crippen LogP contribution is -2.49. The van der Waals surface area contributed by atoms with Crippen LogP contribution in [0.4, 0.5) is 0 Å². The van der Waals surface area contributed by atoms with Crippen molar-refractivity contribution in [2.75, 3.05) is 0 Å². The molecule has 2 N–H and O–H groups in total. The number of hydrogen-bond donors (Lipinski definition) is 2. The van der Waals surface area contributed by atoms with Crippen LogP contribution in [0.1, 0.15) is 26.5 Å². The van der Waals surface area contributed by atoms with E-state index in [4.69, 9.17) is 4.52 Å². The summed E-state index contributed by atoms with van der Waals surface area (Å²) < 4.78 is 5.12. The highest BCUT2D eigenvalue weighted by molar-refractivity contribution is 5.88. The molecule has 6 heteroatoms. The van der Waals surface area contributed by atoms with E-state index in [0.717, 1.165) is 5.39 Å². The van der Waals surface area contributed by atoms with Gasteiger partial charge in [0.15, 0.2) is 5.58 Å². The van der Waals surface area contributed by atoms with Crippen LogP contribution in [-0.2, 0) is 16.0 Å². The first-order valence-electron chi connectivity index (χ1n) is 6.64. The Morgan fingerprint density at radius 1 is 1.33 bits per heavy atom. The fraction of sp³-hybridized carbons (Fsp3) is 0.400. The molecule has 0 spiro atoms. The highest BCUT2D eigenvalue weighted by atomic mass is 16.5. The van der Waals surface area contributed by atoms with Gasteiger partial charge in [-0.25, -0.2) is 4.79 Å². The predicted molar refractivity (Wildman–Crippen MR) is 76.7 cm³/mol. The normalized spacial score (nSPS) is 13.1. The van der Waals surface area contributed by atoms with Gasteiger partial charge in [-0.05, 0) is 17.5 Å². The van der Waals surface area contributed by atoms with E-state index < -0.39 is 23.3 Å². The summed E-state index contributed by atoms with van der Waals surface area (Å²) in [6.07, 6.45) is -0.0170. The average Bonchev–Trinajstić information content (AvgIpc) is 2.78. The third-order valence-corrected chi connectivity index (χ3v) is 3.20. The van der Waals surface area contributed by atoms with Gasteiger partial charge in [0.25, 0.3) is 0 Å². The maximum Gasteiger partial charge on any atom is 0.326 e. The zero-order valence-electron chi connectivity index (χ0n) is 12.2. The molecule has 0 aliphatic heterocycles. The van der Waals surface area contributed by atoms with Crippen LogP contribution in [0.5, 0.6) is 0 Å². The van der Waals surface area contributed by atoms with Gasteiger partial charge in [-0.3, -0.25) is 4.79 Å². The van der Waals surface area contributed by atoms with Crippen LogP contribution in [0.15, 0.2) is 28.8 Å². The summed E-state index contributed by atoms with van der Waals surface area (Å²) in [4.78, 5) is 23.3. The molecule has 1 aromatic heterocycles. The molecule has 0 saturated carbocycles. The molecule has 1 heterocycles. The lowest BCUT2D eigenvalue weighted by Gasteiger charge is -2.27. The smallest absolute Gasteiger partial charge is 0.326 e. The first kappa shape index (κ1) is 15.0. The number of fused-ring (bicyclic) bond motifs is 1. The van der Waals surface area contributed by atoms with Gasteiger partial charge >= 0.3 is 5.97 Å². The van der Waals surface area contributed by atoms with Crippen LogP contribution in [0.2, 0.25) is 0 Å². The number of carboxylic acid groups (broad SMARTS) is 1. The SMILES string of the molecule is CC(C)(C)[C@@H](NC(=O)Cc1noc2ccccc12)C(=O)O. The van der Waals surface area contributed by atoms with Crippen LogP contribution < -0.4 is 5.32 Å². The fourth-order valence-electron chi connectivity index (χ4n) is 2.08. The van der Waals surface area contributed by atoms with Crippen molar-refractivity contribution in [1.29, 1.82) is 0 Å². The van der Waals surface area contributed by atoms with Crippen molar-refractivity contribution < 1.29 is 19.2 Å². The Kier molecular flexibility index (Phi) is 3.97. The first-order valence-corrected chi connectivity index (χ1v) is 6.64. The number of carboxylic acids is 1. The van der Waals surface area contributed by atoms with Gasteiger partial charge in [0, 0.05) is 5.39 Å². The van der Waals surface area contributed by atoms with Crippen molar-refractivity contribution >= 4 is 22.8 Å². The predicted octanol–water partition coefficient (Wildman–Crippen LogP) is 1.99. The van der Waals surface area contributed by atoms with Crippen molar-refractivity contribution in [1.82, 2.24) is 10.5 Å². The van der Waals surface area contributed by atoms with Gasteiger partial charge in [-0.15, -0.1) is 0 Å². The first-order chi connectivity index (χ1) is 9.79. The topological polar surface area (TPSA) is 92.4 Å². The molecular weight excluding hydrogens is 272 g/mol. The summed E-state index contributed by atoms with van der Waals surface area (Å²) in [6.45, 7) is 5.28. The van der Waals surface area contributed by atoms with Crippen LogP contribution >= 0.6 is 0 Å². The second kappa shape index (κ2) is 5.55. The van der Waals surface area contributed by atoms with E-state index in [-0.39, 0.29) is 6.42 Å². The van der Waals surface area contributed by atoms with Gasteiger partial charge in [0.2, 0.25) is 5.91 Å². The van der Waals surface area contributed by atoms with Crippen LogP contribution in [0, 0.1) is 5.41 Å². The fourth-order valence-corrected chi connectivity index (χ4v) is 2.08. The summed E-state index contributed by atoms with van der Waals surface area (Å²) in [5.41, 5.74) is 0.528. The van der Waals surface area contributed by atoms with Gasteiger partial charge in [0.1, 0.15) is 11.7 Å². The van der Waals surface area contributed by atoms with Gasteiger partial charge in [0.05, 0.1) is 6.42 Å². The Morgan fingerprint density at radius 2 is 2.00 bits per heavy atom. The molecule has 1 amide bonds. The number of aliphatic carboxylic acids is 1. The number of aromatic nitrogens is 1. The van der Waals surface area contributed by atoms with Crippen LogP contribution in [-0.4, -0.2) is 28.2 Å². The largest absolute Gasteiger partial charge is 0.480 e. The van der Waals surface area contributed by atoms with Crippen molar-refractivity contribution in [2.24, 2.45) is 5.41 Å². The summed E-state index contributed by atoms with van der Waals surface area (Å²) >= 11 is 0. The number of carbonyl (C=O) groups excluding carboxylic acids is 1. The van der Waals surface area contributed by atoms with E-state index >= 15 is 0 Å². The van der Waals surface area contributed by atoms with Crippen molar-refractivity contribution in [2.45, 2.75) is 33.2 Å². The Bertz CT molecular complexity index is 670. The number of benzene rings is 1. The highest BCUT2D eigenvalue weighted by Crippen LogP contribution is 2.21. The van der Waals surface area contributed by atoms with E-state index in [1.807, 2.05) is 18.2 Å². The van der Waals surface area contributed by atoms with Gasteiger partial charge < -0.3 is 14.9 Å². The van der Waals surface area contributed by atoms with Crippen molar-refractivity contribution in [3.63, 3.8) is 0 Å². The minimum absolute atomic E-state index is 0.0170. The summed E-state index contributed by atoms with van der Waals surface area (Å²) in [6, 6.07) is 6.27. The van der Waals surface area contributed by atoms with E-state index in [0.29, 0.717) is 11.3 Å². The molecule has 1 atom stereocenters. The lowest BCUT2D eigenvalue weighted by molar-refractivity contribution is -0.144. The standard InChI is InChI=1S/C15H18N2O4/c1-15(2,3)13(14(19)20)16-12(18)8-10-9-6-4-5-7-11(9)21-17-10/h4-7,13H,8H2,1-3H3,(H,16,18)(H,19,20)/t13-/m0/s1. The zero-order chi connectivity index (χ0) is 15.6. The number of amides is 1. The Balaban J connectivity index is 2.13. The highest BCUT2D eigenvalue weighted by Gasteiger charge is 2.32. The molecule has 2 aromatic rings. The molecule has 112 valence electrons. The number of hydrogen-bond acceptors (Lipinski definition) is 4. The molecule has 0 aliphatic rings. The van der Waals surface area contributed by atoms with Crippen molar-refractivity contribution in [3.05, 3.63) is 30.0 Å². The van der Waals surface area contributed by atoms with Gasteiger partial charge in [-0.2, -0.15) is 0 Å². The molecule has 0 radical (unpaired) electrons. The average molecular weight is 290 g/mol. The summed E-state index contributed by atoms with van der Waals surface area (Å²) in [5.74, 6) is -1.45. The maximum absolute atomic E-state index is 12.1. The maximum atomic E-state index is 12.1. The number of nitrogens with zero attached hydrogens (tertiary/aromatic N) is 1. The van der Waals surface area contributed by atoms with E-state index in [1.54, 1.807) is 26.8 Å². The number of carbonyl (C=O) groups is 2. The molecule has 21 heavy (non-hydrogen) atoms. The second-order valence-corrected chi connectivity index (χ2v) is 6.01. The molecule has 0 bridgehead atoms. The molecule has 6 nitrogen and oxygen atoms in total. The van der Waals surface area contributed by atoms with E-state index in [9.17, 15) is 14.7 Å². The van der Waals surface area contributed by atoms with Gasteiger partial charge in [-0.1, -0.05) is 38.1 Å². The number of rotatable bonds is 4. The molecule has 2 rings (SSSR count). The molecule has 0 unspecified atom stereocenters. The van der Waals surface area contributed by atoms with E-state index in [1.165, 1.54) is 0 Å². The van der Waals surface area contributed by atoms with Crippen LogP contribution in [0.25, 0.3) is 11.0 Å². The molecular formula is C15H18N2O4. The molecule has 0 saturated heterocycles. The number of nitrogens with one attached hydrogen (secondary N) is 1. The quantitative estimate of drug-likeness (QED) is 0.898.